The number of para-hydroxylation sites is 1. The number of amides is 1. The molecule has 0 radical (unpaired) electrons. The number of methoxy groups -OCH3 is 1. The molecule has 1 aromatic carbocycles. The summed E-state index contributed by atoms with van der Waals surface area (Å²) in [6.07, 6.45) is -3.13. The minimum atomic E-state index is -4.45. The second-order valence-electron chi connectivity index (χ2n) is 5.43. The van der Waals surface area contributed by atoms with Crippen molar-refractivity contribution >= 4 is 5.91 Å². The van der Waals surface area contributed by atoms with Crippen LogP contribution in [-0.4, -0.2) is 44.0 Å². The number of ether oxygens (including phenoxy) is 3. The molecule has 0 saturated carbocycles. The van der Waals surface area contributed by atoms with Crippen molar-refractivity contribution in [3.05, 3.63) is 53.7 Å². The standard InChI is InChI=1S/C18H19F3N2O4/c1-25-8-9-26-15-5-3-2-4-14(15)17(24)23-11-13-6-7-22-16(10-13)27-12-18(19,20)21/h2-7,10H,8-9,11-12H2,1H3,(H,23,24). The van der Waals surface area contributed by atoms with Crippen LogP contribution in [-0.2, 0) is 11.3 Å². The molecule has 0 aliphatic heterocycles. The molecule has 0 spiro atoms. The fraction of sp³-hybridized carbons (Fsp3) is 0.333. The van der Waals surface area contributed by atoms with Gasteiger partial charge in [0.15, 0.2) is 6.61 Å². The van der Waals surface area contributed by atoms with E-state index in [1.807, 2.05) is 0 Å². The van der Waals surface area contributed by atoms with Gasteiger partial charge in [-0.15, -0.1) is 0 Å². The van der Waals surface area contributed by atoms with Gasteiger partial charge in [0.25, 0.3) is 5.91 Å². The summed E-state index contributed by atoms with van der Waals surface area (Å²) in [4.78, 5) is 16.1. The molecule has 0 fully saturated rings. The van der Waals surface area contributed by atoms with Crippen molar-refractivity contribution in [2.45, 2.75) is 12.7 Å². The Kier molecular flexibility index (Phi) is 7.42. The maximum atomic E-state index is 12.4. The van der Waals surface area contributed by atoms with Gasteiger partial charge in [-0.05, 0) is 23.8 Å². The largest absolute Gasteiger partial charge is 0.490 e. The van der Waals surface area contributed by atoms with Gasteiger partial charge in [-0.2, -0.15) is 13.2 Å². The maximum Gasteiger partial charge on any atom is 0.422 e. The van der Waals surface area contributed by atoms with Crippen LogP contribution >= 0.6 is 0 Å². The molecule has 2 aromatic rings. The van der Waals surface area contributed by atoms with E-state index in [4.69, 9.17) is 9.47 Å². The number of nitrogens with one attached hydrogen (secondary N) is 1. The van der Waals surface area contributed by atoms with Gasteiger partial charge < -0.3 is 19.5 Å². The Hall–Kier alpha value is -2.81. The van der Waals surface area contributed by atoms with Crippen molar-refractivity contribution in [1.82, 2.24) is 10.3 Å². The molecule has 9 heteroatoms. The number of halogens is 3. The average Bonchev–Trinajstić information content (AvgIpc) is 2.65. The van der Waals surface area contributed by atoms with Gasteiger partial charge in [0.2, 0.25) is 5.88 Å². The summed E-state index contributed by atoms with van der Waals surface area (Å²) in [5.41, 5.74) is 0.893. The summed E-state index contributed by atoms with van der Waals surface area (Å²) >= 11 is 0. The Morgan fingerprint density at radius 1 is 1.15 bits per heavy atom. The molecule has 0 aliphatic rings. The Balaban J connectivity index is 1.96. The summed E-state index contributed by atoms with van der Waals surface area (Å²) in [7, 11) is 1.55. The van der Waals surface area contributed by atoms with Crippen LogP contribution in [0.3, 0.4) is 0 Å². The number of hydrogen-bond donors (Lipinski definition) is 1. The summed E-state index contributed by atoms with van der Waals surface area (Å²) in [5, 5.41) is 2.69. The van der Waals surface area contributed by atoms with Crippen LogP contribution in [0.1, 0.15) is 15.9 Å². The number of carbonyl (C=O) groups excluding carboxylic acids is 1. The van der Waals surface area contributed by atoms with Crippen LogP contribution in [0.4, 0.5) is 13.2 Å². The predicted octanol–water partition coefficient (Wildman–Crippen LogP) is 2.98. The first kappa shape index (κ1) is 20.5. The number of hydrogen-bond acceptors (Lipinski definition) is 5. The topological polar surface area (TPSA) is 69.7 Å². The number of aromatic nitrogens is 1. The second kappa shape index (κ2) is 9.77. The third-order valence-corrected chi connectivity index (χ3v) is 3.31. The smallest absolute Gasteiger partial charge is 0.422 e. The minimum absolute atomic E-state index is 0.0934. The quantitative estimate of drug-likeness (QED) is 0.673. The zero-order valence-electron chi connectivity index (χ0n) is 14.6. The molecule has 0 bridgehead atoms. The van der Waals surface area contributed by atoms with E-state index in [0.717, 1.165) is 0 Å². The fourth-order valence-electron chi connectivity index (χ4n) is 2.09. The van der Waals surface area contributed by atoms with Gasteiger partial charge in [0.05, 0.1) is 12.2 Å². The molecule has 0 saturated heterocycles. The van der Waals surface area contributed by atoms with E-state index >= 15 is 0 Å². The van der Waals surface area contributed by atoms with Gasteiger partial charge >= 0.3 is 6.18 Å². The lowest BCUT2D eigenvalue weighted by molar-refractivity contribution is -0.154. The van der Waals surface area contributed by atoms with Crippen LogP contribution in [0.15, 0.2) is 42.6 Å². The van der Waals surface area contributed by atoms with Crippen LogP contribution in [0.25, 0.3) is 0 Å². The zero-order valence-corrected chi connectivity index (χ0v) is 14.6. The normalized spacial score (nSPS) is 11.1. The molecule has 0 unspecified atom stereocenters. The Morgan fingerprint density at radius 2 is 1.93 bits per heavy atom. The van der Waals surface area contributed by atoms with Gasteiger partial charge in [0, 0.05) is 25.9 Å². The summed E-state index contributed by atoms with van der Waals surface area (Å²) in [6.45, 7) is -0.656. The van der Waals surface area contributed by atoms with Crippen molar-refractivity contribution in [1.29, 1.82) is 0 Å². The Bertz CT molecular complexity index is 753. The van der Waals surface area contributed by atoms with Crippen molar-refractivity contribution in [2.24, 2.45) is 0 Å². The minimum Gasteiger partial charge on any atom is -0.490 e. The number of nitrogens with zero attached hydrogens (tertiary/aromatic N) is 1. The fourth-order valence-corrected chi connectivity index (χ4v) is 2.09. The molecular formula is C18H19F3N2O4. The van der Waals surface area contributed by atoms with E-state index < -0.39 is 12.8 Å². The average molecular weight is 384 g/mol. The van der Waals surface area contributed by atoms with Gasteiger partial charge in [0.1, 0.15) is 12.4 Å². The first-order valence-corrected chi connectivity index (χ1v) is 8.02. The number of benzene rings is 1. The van der Waals surface area contributed by atoms with Gasteiger partial charge in [-0.3, -0.25) is 4.79 Å². The number of rotatable bonds is 9. The van der Waals surface area contributed by atoms with Crippen molar-refractivity contribution in [3.63, 3.8) is 0 Å². The van der Waals surface area contributed by atoms with Crippen LogP contribution < -0.4 is 14.8 Å². The highest BCUT2D eigenvalue weighted by Crippen LogP contribution is 2.19. The molecule has 6 nitrogen and oxygen atoms in total. The van der Waals surface area contributed by atoms with E-state index in [-0.39, 0.29) is 18.3 Å². The molecule has 146 valence electrons. The van der Waals surface area contributed by atoms with E-state index in [1.165, 1.54) is 12.3 Å². The number of alkyl halides is 3. The summed E-state index contributed by atoms with van der Waals surface area (Å²) in [6, 6.07) is 9.64. The molecular weight excluding hydrogens is 365 g/mol. The van der Waals surface area contributed by atoms with Crippen LogP contribution in [0.5, 0.6) is 11.6 Å². The lowest BCUT2D eigenvalue weighted by Crippen LogP contribution is -2.24. The highest BCUT2D eigenvalue weighted by molar-refractivity contribution is 5.96. The Labute approximate surface area is 154 Å². The third kappa shape index (κ3) is 7.14. The first-order valence-electron chi connectivity index (χ1n) is 8.02. The lowest BCUT2D eigenvalue weighted by atomic mass is 10.2. The zero-order chi connectivity index (χ0) is 19.7. The molecule has 1 heterocycles. The van der Waals surface area contributed by atoms with E-state index in [1.54, 1.807) is 37.4 Å². The molecule has 1 amide bonds. The van der Waals surface area contributed by atoms with E-state index in [2.05, 4.69) is 15.0 Å². The Morgan fingerprint density at radius 3 is 2.67 bits per heavy atom. The third-order valence-electron chi connectivity index (χ3n) is 3.31. The predicted molar refractivity (Wildman–Crippen MR) is 90.8 cm³/mol. The van der Waals surface area contributed by atoms with Crippen molar-refractivity contribution < 1.29 is 32.2 Å². The van der Waals surface area contributed by atoms with Gasteiger partial charge in [-0.1, -0.05) is 12.1 Å². The van der Waals surface area contributed by atoms with Crippen LogP contribution in [0.2, 0.25) is 0 Å². The van der Waals surface area contributed by atoms with Gasteiger partial charge in [-0.25, -0.2) is 4.98 Å². The molecule has 1 aromatic heterocycles. The van der Waals surface area contributed by atoms with Crippen molar-refractivity contribution in [3.8, 4) is 11.6 Å². The highest BCUT2D eigenvalue weighted by atomic mass is 19.4. The number of carbonyl (C=O) groups is 1. The monoisotopic (exact) mass is 384 g/mol. The molecule has 1 N–H and O–H groups in total. The second-order valence-corrected chi connectivity index (χ2v) is 5.43. The molecule has 0 aliphatic carbocycles. The van der Waals surface area contributed by atoms with E-state index in [9.17, 15) is 18.0 Å². The molecule has 27 heavy (non-hydrogen) atoms. The SMILES string of the molecule is COCCOc1ccccc1C(=O)NCc1ccnc(OCC(F)(F)F)c1. The maximum absolute atomic E-state index is 12.4. The molecule has 2 rings (SSSR count). The summed E-state index contributed by atoms with van der Waals surface area (Å²) in [5.74, 6) is -0.129. The van der Waals surface area contributed by atoms with E-state index in [0.29, 0.717) is 30.1 Å². The van der Waals surface area contributed by atoms with Crippen molar-refractivity contribution in [2.75, 3.05) is 26.9 Å². The first-order chi connectivity index (χ1) is 12.9. The van der Waals surface area contributed by atoms with Crippen LogP contribution in [0, 0.1) is 0 Å². The number of pyridine rings is 1. The summed E-state index contributed by atoms with van der Waals surface area (Å²) < 4.78 is 51.6. The molecule has 0 atom stereocenters. The highest BCUT2D eigenvalue weighted by Gasteiger charge is 2.28. The lowest BCUT2D eigenvalue weighted by Gasteiger charge is -2.12.